The molecule has 0 bridgehead atoms. The van der Waals surface area contributed by atoms with Gasteiger partial charge in [-0.3, -0.25) is 4.79 Å². The van der Waals surface area contributed by atoms with Crippen molar-refractivity contribution in [2.24, 2.45) is 5.92 Å². The Kier molecular flexibility index (Phi) is 4.79. The number of carbonyl (C=O) groups excluding carboxylic acids is 1. The van der Waals surface area contributed by atoms with Gasteiger partial charge in [0.1, 0.15) is 0 Å². The molecule has 2 aliphatic rings. The predicted octanol–water partition coefficient (Wildman–Crippen LogP) is 3.06. The molecule has 1 aliphatic heterocycles. The van der Waals surface area contributed by atoms with Crippen molar-refractivity contribution in [3.63, 3.8) is 0 Å². The van der Waals surface area contributed by atoms with Crippen LogP contribution in [0.4, 0.5) is 11.4 Å². The Morgan fingerprint density at radius 2 is 2.09 bits per heavy atom. The summed E-state index contributed by atoms with van der Waals surface area (Å²) in [5.41, 5.74) is 9.32. The lowest BCUT2D eigenvalue weighted by atomic mass is 9.85. The molecule has 126 valence electrons. The molecule has 2 atom stereocenters. The third kappa shape index (κ3) is 3.31. The Morgan fingerprint density at radius 1 is 1.30 bits per heavy atom. The fourth-order valence-corrected chi connectivity index (χ4v) is 4.22. The fraction of sp³-hybridized carbons (Fsp3) is 0.632. The average molecular weight is 315 g/mol. The zero-order chi connectivity index (χ0) is 16.4. The summed E-state index contributed by atoms with van der Waals surface area (Å²) in [6.45, 7) is 3.69. The molecule has 2 N–H and O–H groups in total. The molecule has 2 unspecified atom stereocenters. The molecule has 1 saturated carbocycles. The maximum atomic E-state index is 12.8. The van der Waals surface area contributed by atoms with E-state index >= 15 is 0 Å². The first-order chi connectivity index (χ1) is 11.1. The molecule has 0 spiro atoms. The Hall–Kier alpha value is -1.71. The predicted molar refractivity (Wildman–Crippen MR) is 95.6 cm³/mol. The van der Waals surface area contributed by atoms with Gasteiger partial charge in [0.15, 0.2) is 0 Å². The summed E-state index contributed by atoms with van der Waals surface area (Å²) in [5, 5.41) is 0. The third-order valence-electron chi connectivity index (χ3n) is 5.67. The second kappa shape index (κ2) is 6.81. The highest BCUT2D eigenvalue weighted by molar-refractivity contribution is 5.82. The summed E-state index contributed by atoms with van der Waals surface area (Å²) >= 11 is 0. The molecule has 4 heteroatoms. The van der Waals surface area contributed by atoms with Crippen LogP contribution in [0.1, 0.15) is 44.6 Å². The van der Waals surface area contributed by atoms with Crippen LogP contribution < -0.4 is 10.6 Å². The van der Waals surface area contributed by atoms with Gasteiger partial charge in [0.2, 0.25) is 5.91 Å². The van der Waals surface area contributed by atoms with Gasteiger partial charge < -0.3 is 15.5 Å². The minimum absolute atomic E-state index is 0.235. The monoisotopic (exact) mass is 315 g/mol. The van der Waals surface area contributed by atoms with Crippen LogP contribution in [0.2, 0.25) is 0 Å². The number of rotatable bonds is 3. The van der Waals surface area contributed by atoms with Crippen LogP contribution in [0.15, 0.2) is 18.2 Å². The van der Waals surface area contributed by atoms with Gasteiger partial charge in [-0.2, -0.15) is 0 Å². The van der Waals surface area contributed by atoms with Crippen molar-refractivity contribution in [3.05, 3.63) is 23.8 Å². The van der Waals surface area contributed by atoms with E-state index in [0.29, 0.717) is 18.5 Å². The molecule has 1 aromatic carbocycles. The number of hydrogen-bond acceptors (Lipinski definition) is 3. The number of nitrogen functional groups attached to an aromatic ring is 1. The molecule has 1 aromatic rings. The van der Waals surface area contributed by atoms with Crippen LogP contribution in [0.3, 0.4) is 0 Å². The van der Waals surface area contributed by atoms with Gasteiger partial charge in [-0.05, 0) is 49.3 Å². The SMILES string of the molecule is CC1CCCCC1N(C)C(=O)CN1CCCc2c(N)cccc21. The van der Waals surface area contributed by atoms with E-state index < -0.39 is 0 Å². The topological polar surface area (TPSA) is 49.6 Å². The van der Waals surface area contributed by atoms with E-state index in [1.54, 1.807) is 0 Å². The number of nitrogens with two attached hydrogens (primary N) is 1. The number of anilines is 2. The smallest absolute Gasteiger partial charge is 0.242 e. The van der Waals surface area contributed by atoms with E-state index in [-0.39, 0.29) is 5.91 Å². The van der Waals surface area contributed by atoms with E-state index in [1.807, 2.05) is 24.1 Å². The Bertz CT molecular complexity index is 572. The summed E-state index contributed by atoms with van der Waals surface area (Å²) < 4.78 is 0. The number of hydrogen-bond donors (Lipinski definition) is 1. The Morgan fingerprint density at radius 3 is 2.87 bits per heavy atom. The summed E-state index contributed by atoms with van der Waals surface area (Å²) in [6, 6.07) is 6.45. The first kappa shape index (κ1) is 16.2. The van der Waals surface area contributed by atoms with Crippen molar-refractivity contribution >= 4 is 17.3 Å². The van der Waals surface area contributed by atoms with Crippen LogP contribution in [0.25, 0.3) is 0 Å². The van der Waals surface area contributed by atoms with E-state index in [0.717, 1.165) is 37.2 Å². The van der Waals surface area contributed by atoms with Crippen LogP contribution in [0.5, 0.6) is 0 Å². The van der Waals surface area contributed by atoms with E-state index in [4.69, 9.17) is 5.73 Å². The van der Waals surface area contributed by atoms with Crippen LogP contribution in [-0.2, 0) is 11.2 Å². The zero-order valence-corrected chi connectivity index (χ0v) is 14.4. The highest BCUT2D eigenvalue weighted by Gasteiger charge is 2.29. The van der Waals surface area contributed by atoms with Crippen molar-refractivity contribution in [1.29, 1.82) is 0 Å². The zero-order valence-electron chi connectivity index (χ0n) is 14.4. The van der Waals surface area contributed by atoms with Gasteiger partial charge in [0.25, 0.3) is 0 Å². The first-order valence-electron chi connectivity index (χ1n) is 8.96. The van der Waals surface area contributed by atoms with Crippen LogP contribution in [0, 0.1) is 5.92 Å². The fourth-order valence-electron chi connectivity index (χ4n) is 4.22. The highest BCUT2D eigenvalue weighted by atomic mass is 16.2. The van der Waals surface area contributed by atoms with E-state index in [2.05, 4.69) is 17.9 Å². The molecule has 0 aromatic heterocycles. The molecule has 1 aliphatic carbocycles. The molecule has 1 heterocycles. The van der Waals surface area contributed by atoms with Crippen molar-refractivity contribution in [2.45, 2.75) is 51.5 Å². The van der Waals surface area contributed by atoms with E-state index in [1.165, 1.54) is 24.8 Å². The third-order valence-corrected chi connectivity index (χ3v) is 5.67. The second-order valence-corrected chi connectivity index (χ2v) is 7.20. The molecule has 1 fully saturated rings. The number of fused-ring (bicyclic) bond motifs is 1. The lowest BCUT2D eigenvalue weighted by Gasteiger charge is -2.38. The molecule has 1 amide bonds. The van der Waals surface area contributed by atoms with Crippen molar-refractivity contribution in [1.82, 2.24) is 4.90 Å². The Balaban J connectivity index is 1.70. The quantitative estimate of drug-likeness (QED) is 0.872. The van der Waals surface area contributed by atoms with Gasteiger partial charge >= 0.3 is 0 Å². The largest absolute Gasteiger partial charge is 0.398 e. The molecule has 0 saturated heterocycles. The minimum Gasteiger partial charge on any atom is -0.398 e. The molecular weight excluding hydrogens is 286 g/mol. The van der Waals surface area contributed by atoms with Gasteiger partial charge in [-0.15, -0.1) is 0 Å². The molecular formula is C19H29N3O. The van der Waals surface area contributed by atoms with Crippen LogP contribution >= 0.6 is 0 Å². The number of likely N-dealkylation sites (N-methyl/N-ethyl adjacent to an activating group) is 1. The summed E-state index contributed by atoms with van der Waals surface area (Å²) in [7, 11) is 1.99. The molecule has 23 heavy (non-hydrogen) atoms. The number of carbonyl (C=O) groups is 1. The molecule has 0 radical (unpaired) electrons. The maximum Gasteiger partial charge on any atom is 0.242 e. The first-order valence-corrected chi connectivity index (χ1v) is 8.96. The van der Waals surface area contributed by atoms with Gasteiger partial charge in [0, 0.05) is 31.0 Å². The second-order valence-electron chi connectivity index (χ2n) is 7.20. The van der Waals surface area contributed by atoms with Gasteiger partial charge in [-0.25, -0.2) is 0 Å². The summed E-state index contributed by atoms with van der Waals surface area (Å²) in [5.74, 6) is 0.848. The van der Waals surface area contributed by atoms with Gasteiger partial charge in [0.05, 0.1) is 6.54 Å². The normalized spacial score (nSPS) is 24.2. The average Bonchev–Trinajstić information content (AvgIpc) is 2.55. The number of nitrogens with zero attached hydrogens (tertiary/aromatic N) is 2. The van der Waals surface area contributed by atoms with Crippen LogP contribution in [-0.4, -0.2) is 37.0 Å². The lowest BCUT2D eigenvalue weighted by Crippen LogP contribution is -2.47. The molecule has 3 rings (SSSR count). The highest BCUT2D eigenvalue weighted by Crippen LogP contribution is 2.32. The number of amides is 1. The summed E-state index contributed by atoms with van der Waals surface area (Å²) in [6.07, 6.45) is 7.02. The minimum atomic E-state index is 0.235. The lowest BCUT2D eigenvalue weighted by molar-refractivity contribution is -0.132. The van der Waals surface area contributed by atoms with Crippen molar-refractivity contribution in [3.8, 4) is 0 Å². The van der Waals surface area contributed by atoms with Crippen molar-refractivity contribution < 1.29 is 4.79 Å². The summed E-state index contributed by atoms with van der Waals surface area (Å²) in [4.78, 5) is 17.0. The van der Waals surface area contributed by atoms with Gasteiger partial charge in [-0.1, -0.05) is 25.8 Å². The molecule has 4 nitrogen and oxygen atoms in total. The Labute approximate surface area is 139 Å². The van der Waals surface area contributed by atoms with E-state index in [9.17, 15) is 4.79 Å². The maximum absolute atomic E-state index is 12.8. The number of benzene rings is 1. The standard InChI is InChI=1S/C19H29N3O/c1-14-7-3-4-10-17(14)21(2)19(23)13-22-12-6-8-15-16(20)9-5-11-18(15)22/h5,9,11,14,17H,3-4,6-8,10,12-13,20H2,1-2H3. The van der Waals surface area contributed by atoms with Crippen molar-refractivity contribution in [2.75, 3.05) is 30.8 Å².